The summed E-state index contributed by atoms with van der Waals surface area (Å²) in [7, 11) is 0. The zero-order valence-electron chi connectivity index (χ0n) is 37.2. The van der Waals surface area contributed by atoms with E-state index in [1.165, 1.54) is 4.90 Å². The van der Waals surface area contributed by atoms with Crippen LogP contribution >= 0.6 is 25.3 Å². The number of unbranched alkanes of at least 4 members (excludes halogenated alkanes) is 1. The number of hydrogen-bond acceptors (Lipinski definition) is 15. The van der Waals surface area contributed by atoms with Gasteiger partial charge in [0.25, 0.3) is 0 Å². The Morgan fingerprint density at radius 2 is 1.35 bits per heavy atom. The maximum atomic E-state index is 13.8. The van der Waals surface area contributed by atoms with Gasteiger partial charge in [0.05, 0.1) is 25.6 Å². The third-order valence-electron chi connectivity index (χ3n) is 10.7. The van der Waals surface area contributed by atoms with E-state index in [9.17, 15) is 53.1 Å². The maximum absolute atomic E-state index is 13.8. The molecule has 66 heavy (non-hydrogen) atoms. The predicted octanol–water partition coefficient (Wildman–Crippen LogP) is -5.04. The van der Waals surface area contributed by atoms with E-state index in [4.69, 9.17) is 22.9 Å². The quantitative estimate of drug-likeness (QED) is 0.0265. The van der Waals surface area contributed by atoms with Gasteiger partial charge < -0.3 is 70.2 Å². The van der Waals surface area contributed by atoms with Crippen LogP contribution in [-0.4, -0.2) is 155 Å². The van der Waals surface area contributed by atoms with Crippen LogP contribution in [0.4, 0.5) is 0 Å². The summed E-state index contributed by atoms with van der Waals surface area (Å²) in [6, 6.07) is -1.80. The second-order valence-corrected chi connectivity index (χ2v) is 16.6. The first-order valence-corrected chi connectivity index (χ1v) is 22.9. The highest BCUT2D eigenvalue weighted by molar-refractivity contribution is 7.80. The summed E-state index contributed by atoms with van der Waals surface area (Å²) in [4.78, 5) is 132. The number of benzene rings is 1. The fraction of sp³-hybridized carbons (Fsp3) is 0.610. The van der Waals surface area contributed by atoms with Crippen LogP contribution in [0, 0.1) is 5.92 Å². The number of carbonyl (C=O) groups excluding carboxylic acids is 10. The Kier molecular flexibility index (Phi) is 25.1. The Labute approximate surface area is 394 Å². The highest BCUT2D eigenvalue weighted by Gasteiger charge is 2.40. The molecule has 10 amide bonds. The van der Waals surface area contributed by atoms with Crippen LogP contribution in [0.3, 0.4) is 0 Å². The normalized spacial score (nSPS) is 17.0. The van der Waals surface area contributed by atoms with Gasteiger partial charge in [-0.3, -0.25) is 47.9 Å². The Morgan fingerprint density at radius 3 is 1.92 bits per heavy atom. The Morgan fingerprint density at radius 1 is 0.742 bits per heavy atom. The summed E-state index contributed by atoms with van der Waals surface area (Å²) in [5.74, 6) is -9.29. The molecule has 25 heteroatoms. The lowest BCUT2D eigenvalue weighted by Crippen LogP contribution is -2.62. The zero-order valence-corrected chi connectivity index (χ0v) is 39.0. The molecule has 23 nitrogen and oxygen atoms in total. The van der Waals surface area contributed by atoms with Crippen molar-refractivity contribution in [2.24, 2.45) is 28.9 Å². The molecule has 1 heterocycles. The molecule has 2 rings (SSSR count). The molecule has 9 atom stereocenters. The maximum Gasteiger partial charge on any atom is 0.246 e. The van der Waals surface area contributed by atoms with Crippen molar-refractivity contribution >= 4 is 84.3 Å². The third-order valence-corrected chi connectivity index (χ3v) is 11.5. The van der Waals surface area contributed by atoms with Gasteiger partial charge in [-0.2, -0.15) is 25.3 Å². The van der Waals surface area contributed by atoms with Gasteiger partial charge in [0.15, 0.2) is 0 Å². The zero-order chi connectivity index (χ0) is 49.5. The SMILES string of the molecule is CC[C@H](C)[C@H](NC(=O)[C@H](Cc1ccccc1)NC(=O)[C@@H](N)CS)C(=O)N[C@@H](CO)C(=O)N[C@@H](CC(N)=O)C(=O)N[C@@H](CS)C(=O)N1CCC[C@H]1C(=O)N[C@@H](CCCCN)C(=O)NCC(N)=O. The standard InChI is InChI=1S/C41H66N12O11S2/c1-3-22(2)33(52-37(60)26(48-34(57)24(43)20-65)16-23-10-5-4-6-11-23)40(63)50-28(19-54)38(61)49-27(17-31(44)55)36(59)51-29(21-66)41(64)53-15-9-13-30(53)39(62)47-25(12-7-8-14-42)35(58)46-18-32(45)56/h4-6,10-11,22,24-30,33,54,65-66H,3,7-9,12-21,42-43H2,1-2H3,(H2,44,55)(H2,45,56)(H,46,58)(H,47,62)(H,48,57)(H,49,61)(H,50,63)(H,51,59)(H,52,60)/t22-,24-,25-,26-,27-,28-,29-,30-,33-/m0/s1. The molecule has 0 aliphatic carbocycles. The number of aliphatic hydroxyl groups excluding tert-OH is 1. The van der Waals surface area contributed by atoms with Gasteiger partial charge in [0, 0.05) is 24.5 Å². The second-order valence-electron chi connectivity index (χ2n) is 15.9. The van der Waals surface area contributed by atoms with Crippen molar-refractivity contribution < 1.29 is 53.1 Å². The number of amides is 10. The van der Waals surface area contributed by atoms with E-state index in [-0.39, 0.29) is 37.3 Å². The lowest BCUT2D eigenvalue weighted by molar-refractivity contribution is -0.142. The first kappa shape index (κ1) is 56.6. The van der Waals surface area contributed by atoms with Crippen LogP contribution in [0.2, 0.25) is 0 Å². The van der Waals surface area contributed by atoms with Crippen LogP contribution in [0.1, 0.15) is 64.4 Å². The smallest absolute Gasteiger partial charge is 0.246 e. The minimum atomic E-state index is -1.74. The molecular formula is C41H66N12O11S2. The number of rotatable bonds is 29. The topological polar surface area (TPSA) is 382 Å². The molecule has 0 saturated carbocycles. The highest BCUT2D eigenvalue weighted by Crippen LogP contribution is 2.20. The number of nitrogens with one attached hydrogen (secondary N) is 7. The summed E-state index contributed by atoms with van der Waals surface area (Å²) < 4.78 is 0. The van der Waals surface area contributed by atoms with Gasteiger partial charge in [-0.05, 0) is 50.1 Å². The van der Waals surface area contributed by atoms with Crippen molar-refractivity contribution in [3.8, 4) is 0 Å². The highest BCUT2D eigenvalue weighted by atomic mass is 32.1. The molecule has 1 aromatic carbocycles. The van der Waals surface area contributed by atoms with Crippen molar-refractivity contribution in [2.75, 3.05) is 37.7 Å². The number of nitrogens with zero attached hydrogens (tertiary/aromatic N) is 1. The van der Waals surface area contributed by atoms with E-state index in [1.807, 2.05) is 0 Å². The van der Waals surface area contributed by atoms with Crippen LogP contribution < -0.4 is 60.2 Å². The summed E-state index contributed by atoms with van der Waals surface area (Å²) in [6.07, 6.45) is 1.37. The Bertz CT molecular complexity index is 1850. The molecule has 0 radical (unpaired) electrons. The van der Waals surface area contributed by atoms with Crippen molar-refractivity contribution in [2.45, 2.75) is 114 Å². The van der Waals surface area contributed by atoms with Crippen LogP contribution in [0.5, 0.6) is 0 Å². The van der Waals surface area contributed by atoms with Gasteiger partial charge >= 0.3 is 0 Å². The molecule has 0 unspecified atom stereocenters. The van der Waals surface area contributed by atoms with Crippen molar-refractivity contribution in [3.05, 3.63) is 35.9 Å². The van der Waals surface area contributed by atoms with E-state index in [0.29, 0.717) is 37.8 Å². The number of primary amides is 2. The van der Waals surface area contributed by atoms with Gasteiger partial charge in [0.1, 0.15) is 42.3 Å². The largest absolute Gasteiger partial charge is 0.394 e. The van der Waals surface area contributed by atoms with Crippen LogP contribution in [-0.2, 0) is 54.4 Å². The van der Waals surface area contributed by atoms with Crippen molar-refractivity contribution in [1.29, 1.82) is 0 Å². The Balaban J connectivity index is 2.23. The fourth-order valence-corrected chi connectivity index (χ4v) is 7.22. The van der Waals surface area contributed by atoms with Crippen molar-refractivity contribution in [3.63, 3.8) is 0 Å². The molecule has 368 valence electrons. The predicted molar refractivity (Wildman–Crippen MR) is 248 cm³/mol. The van der Waals surface area contributed by atoms with Gasteiger partial charge in [-0.15, -0.1) is 0 Å². The fourth-order valence-electron chi connectivity index (χ4n) is 6.80. The first-order chi connectivity index (χ1) is 31.3. The molecule has 1 aliphatic heterocycles. The molecular weight excluding hydrogens is 901 g/mol. The Hall–Kier alpha value is -5.50. The summed E-state index contributed by atoms with van der Waals surface area (Å²) in [5.41, 5.74) is 22.7. The minimum absolute atomic E-state index is 0.00715. The van der Waals surface area contributed by atoms with E-state index in [0.717, 1.165) is 0 Å². The van der Waals surface area contributed by atoms with E-state index in [1.54, 1.807) is 44.2 Å². The van der Waals surface area contributed by atoms with Gasteiger partial charge in [0.2, 0.25) is 59.1 Å². The lowest BCUT2D eigenvalue weighted by Gasteiger charge is -2.30. The third kappa shape index (κ3) is 18.4. The molecule has 1 fully saturated rings. The number of aliphatic hydroxyl groups is 1. The summed E-state index contributed by atoms with van der Waals surface area (Å²) in [6.45, 7) is 2.36. The van der Waals surface area contributed by atoms with E-state index >= 15 is 0 Å². The van der Waals surface area contributed by atoms with E-state index in [2.05, 4.69) is 62.5 Å². The summed E-state index contributed by atoms with van der Waals surface area (Å²) >= 11 is 8.27. The van der Waals surface area contributed by atoms with Crippen LogP contribution in [0.25, 0.3) is 0 Å². The first-order valence-electron chi connectivity index (χ1n) is 21.6. The molecule has 16 N–H and O–H groups in total. The molecule has 0 spiro atoms. The monoisotopic (exact) mass is 966 g/mol. The van der Waals surface area contributed by atoms with Gasteiger partial charge in [-0.25, -0.2) is 0 Å². The molecule has 1 aromatic rings. The molecule has 1 aliphatic rings. The average Bonchev–Trinajstić information content (AvgIpc) is 3.79. The number of carbonyl (C=O) groups is 10. The molecule has 0 aromatic heterocycles. The average molecular weight is 967 g/mol. The van der Waals surface area contributed by atoms with Crippen molar-refractivity contribution in [1.82, 2.24) is 42.1 Å². The minimum Gasteiger partial charge on any atom is -0.394 e. The summed E-state index contributed by atoms with van der Waals surface area (Å²) in [5, 5.41) is 27.5. The lowest BCUT2D eigenvalue weighted by atomic mass is 9.96. The second kappa shape index (κ2) is 29.2. The number of hydrogen-bond donors (Lipinski definition) is 14. The molecule has 0 bridgehead atoms. The van der Waals surface area contributed by atoms with Gasteiger partial charge in [-0.1, -0.05) is 50.6 Å². The number of nitrogens with two attached hydrogens (primary N) is 4. The number of thiol groups is 2. The number of likely N-dealkylation sites (tertiary alicyclic amines) is 1. The van der Waals surface area contributed by atoms with Crippen LogP contribution in [0.15, 0.2) is 30.3 Å². The van der Waals surface area contributed by atoms with E-state index < -0.39 is 133 Å². The molecule has 1 saturated heterocycles.